The number of hydrogen-bond donors (Lipinski definition) is 1. The molecule has 1 N–H and O–H groups in total. The van der Waals surface area contributed by atoms with Gasteiger partial charge in [0, 0.05) is 23.2 Å². The molecule has 1 fully saturated rings. The van der Waals surface area contributed by atoms with Gasteiger partial charge in [-0.05, 0) is 30.5 Å². The first kappa shape index (κ1) is 13.5. The molecule has 0 atom stereocenters. The van der Waals surface area contributed by atoms with E-state index in [-0.39, 0.29) is 10.6 Å². The zero-order valence-electron chi connectivity index (χ0n) is 10.2. The molecular formula is C13H17BrN2O2. The number of nitrogens with zero attached hydrogens (tertiary/aromatic N) is 1. The predicted molar refractivity (Wildman–Crippen MR) is 74.5 cm³/mol. The van der Waals surface area contributed by atoms with E-state index >= 15 is 0 Å². The standard InChI is InChI=1S/C13H17BrN2O2/c14-12-6-11(7-13(8-12)16(17)18)9-15-5-4-10-2-1-3-10/h6-8,10,15H,1-5,9H2. The number of halogens is 1. The van der Waals surface area contributed by atoms with Gasteiger partial charge in [0.1, 0.15) is 0 Å². The van der Waals surface area contributed by atoms with Gasteiger partial charge in [0.05, 0.1) is 4.92 Å². The summed E-state index contributed by atoms with van der Waals surface area (Å²) in [5, 5.41) is 14.1. The van der Waals surface area contributed by atoms with E-state index in [9.17, 15) is 10.1 Å². The van der Waals surface area contributed by atoms with Crippen molar-refractivity contribution in [1.29, 1.82) is 0 Å². The zero-order valence-corrected chi connectivity index (χ0v) is 11.8. The third-order valence-corrected chi connectivity index (χ3v) is 3.89. The molecule has 0 spiro atoms. The van der Waals surface area contributed by atoms with Crippen LogP contribution in [0.1, 0.15) is 31.2 Å². The van der Waals surface area contributed by atoms with E-state index in [1.165, 1.54) is 31.7 Å². The van der Waals surface area contributed by atoms with Gasteiger partial charge >= 0.3 is 0 Å². The lowest BCUT2D eigenvalue weighted by Gasteiger charge is -2.25. The Hall–Kier alpha value is -0.940. The monoisotopic (exact) mass is 312 g/mol. The molecule has 0 unspecified atom stereocenters. The number of nitro groups is 1. The summed E-state index contributed by atoms with van der Waals surface area (Å²) in [4.78, 5) is 10.4. The van der Waals surface area contributed by atoms with Crippen LogP contribution in [0.15, 0.2) is 22.7 Å². The Labute approximate surface area is 115 Å². The molecule has 18 heavy (non-hydrogen) atoms. The Balaban J connectivity index is 1.82. The summed E-state index contributed by atoms with van der Waals surface area (Å²) in [6.45, 7) is 1.68. The molecule has 0 amide bonds. The Morgan fingerprint density at radius 1 is 1.39 bits per heavy atom. The first-order chi connectivity index (χ1) is 8.65. The fourth-order valence-corrected chi connectivity index (χ4v) is 2.69. The van der Waals surface area contributed by atoms with Crippen LogP contribution in [0, 0.1) is 16.0 Å². The normalized spacial score (nSPS) is 15.4. The van der Waals surface area contributed by atoms with Crippen LogP contribution in [0.2, 0.25) is 0 Å². The van der Waals surface area contributed by atoms with Gasteiger partial charge < -0.3 is 5.32 Å². The van der Waals surface area contributed by atoms with Crippen LogP contribution in [-0.4, -0.2) is 11.5 Å². The molecule has 1 aromatic rings. The van der Waals surface area contributed by atoms with Gasteiger partial charge in [0.25, 0.3) is 5.69 Å². The van der Waals surface area contributed by atoms with Gasteiger partial charge in [0.2, 0.25) is 0 Å². The fraction of sp³-hybridized carbons (Fsp3) is 0.538. The maximum atomic E-state index is 10.7. The van der Waals surface area contributed by atoms with E-state index in [0.29, 0.717) is 6.54 Å². The average Bonchev–Trinajstić information content (AvgIpc) is 2.25. The first-order valence-electron chi connectivity index (χ1n) is 6.30. The number of rotatable bonds is 6. The van der Waals surface area contributed by atoms with Crippen LogP contribution < -0.4 is 5.32 Å². The van der Waals surface area contributed by atoms with Crippen molar-refractivity contribution in [2.24, 2.45) is 5.92 Å². The van der Waals surface area contributed by atoms with Crippen molar-refractivity contribution in [3.05, 3.63) is 38.3 Å². The van der Waals surface area contributed by atoms with E-state index in [0.717, 1.165) is 22.5 Å². The Bertz CT molecular complexity index is 433. The van der Waals surface area contributed by atoms with Gasteiger partial charge in [-0.1, -0.05) is 35.2 Å². The SMILES string of the molecule is O=[N+]([O-])c1cc(Br)cc(CNCCC2CCC2)c1. The molecule has 4 nitrogen and oxygen atoms in total. The summed E-state index contributed by atoms with van der Waals surface area (Å²) in [5.41, 5.74) is 1.09. The Morgan fingerprint density at radius 3 is 2.78 bits per heavy atom. The van der Waals surface area contributed by atoms with Crippen molar-refractivity contribution in [1.82, 2.24) is 5.32 Å². The Morgan fingerprint density at radius 2 is 2.17 bits per heavy atom. The molecule has 0 heterocycles. The van der Waals surface area contributed by atoms with Crippen molar-refractivity contribution in [3.8, 4) is 0 Å². The minimum absolute atomic E-state index is 0.139. The first-order valence-corrected chi connectivity index (χ1v) is 7.09. The number of benzene rings is 1. The molecule has 1 aliphatic rings. The molecule has 98 valence electrons. The summed E-state index contributed by atoms with van der Waals surface area (Å²) < 4.78 is 0.757. The van der Waals surface area contributed by atoms with Crippen molar-refractivity contribution in [2.45, 2.75) is 32.2 Å². The van der Waals surface area contributed by atoms with Crippen LogP contribution in [0.3, 0.4) is 0 Å². The molecule has 2 rings (SSSR count). The van der Waals surface area contributed by atoms with E-state index in [2.05, 4.69) is 21.2 Å². The number of nitrogens with one attached hydrogen (secondary N) is 1. The van der Waals surface area contributed by atoms with E-state index in [1.54, 1.807) is 6.07 Å². The second-order valence-corrected chi connectivity index (χ2v) is 5.75. The second kappa shape index (κ2) is 6.29. The number of nitro benzene ring substituents is 1. The molecule has 1 aromatic carbocycles. The van der Waals surface area contributed by atoms with Crippen molar-refractivity contribution in [2.75, 3.05) is 6.54 Å². The zero-order chi connectivity index (χ0) is 13.0. The van der Waals surface area contributed by atoms with Gasteiger partial charge in [-0.3, -0.25) is 10.1 Å². The molecule has 0 aromatic heterocycles. The third-order valence-electron chi connectivity index (χ3n) is 3.44. The lowest BCUT2D eigenvalue weighted by atomic mass is 9.83. The second-order valence-electron chi connectivity index (χ2n) is 4.84. The van der Waals surface area contributed by atoms with Gasteiger partial charge in [-0.25, -0.2) is 0 Å². The highest BCUT2D eigenvalue weighted by Gasteiger charge is 2.16. The molecule has 1 saturated carbocycles. The van der Waals surface area contributed by atoms with Crippen molar-refractivity contribution < 1.29 is 4.92 Å². The van der Waals surface area contributed by atoms with Crippen LogP contribution in [0.5, 0.6) is 0 Å². The maximum Gasteiger partial charge on any atom is 0.270 e. The minimum Gasteiger partial charge on any atom is -0.313 e. The quantitative estimate of drug-likeness (QED) is 0.495. The lowest BCUT2D eigenvalue weighted by Crippen LogP contribution is -2.21. The third kappa shape index (κ3) is 3.78. The van der Waals surface area contributed by atoms with E-state index in [1.807, 2.05) is 6.07 Å². The smallest absolute Gasteiger partial charge is 0.270 e. The van der Waals surface area contributed by atoms with Gasteiger partial charge in [-0.15, -0.1) is 0 Å². The number of hydrogen-bond acceptors (Lipinski definition) is 3. The summed E-state index contributed by atoms with van der Waals surface area (Å²) in [6, 6.07) is 5.07. The molecule has 0 saturated heterocycles. The molecule has 5 heteroatoms. The summed E-state index contributed by atoms with van der Waals surface area (Å²) in [5.74, 6) is 0.898. The largest absolute Gasteiger partial charge is 0.313 e. The maximum absolute atomic E-state index is 10.7. The molecule has 0 bridgehead atoms. The van der Waals surface area contributed by atoms with E-state index < -0.39 is 0 Å². The van der Waals surface area contributed by atoms with Crippen molar-refractivity contribution in [3.63, 3.8) is 0 Å². The average molecular weight is 313 g/mol. The fourth-order valence-electron chi connectivity index (χ4n) is 2.16. The van der Waals surface area contributed by atoms with Crippen molar-refractivity contribution >= 4 is 21.6 Å². The van der Waals surface area contributed by atoms with Crippen LogP contribution in [0.4, 0.5) is 5.69 Å². The summed E-state index contributed by atoms with van der Waals surface area (Å²) in [7, 11) is 0. The lowest BCUT2D eigenvalue weighted by molar-refractivity contribution is -0.385. The van der Waals surface area contributed by atoms with Gasteiger partial charge in [0.15, 0.2) is 0 Å². The van der Waals surface area contributed by atoms with Crippen LogP contribution in [-0.2, 0) is 6.54 Å². The minimum atomic E-state index is -0.359. The Kier molecular flexibility index (Phi) is 4.72. The summed E-state index contributed by atoms with van der Waals surface area (Å²) in [6.07, 6.45) is 5.33. The molecular weight excluding hydrogens is 296 g/mol. The highest BCUT2D eigenvalue weighted by molar-refractivity contribution is 9.10. The predicted octanol–water partition coefficient (Wildman–Crippen LogP) is 3.64. The molecule has 0 radical (unpaired) electrons. The summed E-state index contributed by atoms with van der Waals surface area (Å²) >= 11 is 3.30. The highest BCUT2D eigenvalue weighted by atomic mass is 79.9. The topological polar surface area (TPSA) is 55.2 Å². The van der Waals surface area contributed by atoms with Crippen LogP contribution >= 0.6 is 15.9 Å². The van der Waals surface area contributed by atoms with E-state index in [4.69, 9.17) is 0 Å². The van der Waals surface area contributed by atoms with Crippen LogP contribution in [0.25, 0.3) is 0 Å². The molecule has 1 aliphatic carbocycles. The molecule has 0 aliphatic heterocycles. The van der Waals surface area contributed by atoms with Gasteiger partial charge in [-0.2, -0.15) is 0 Å². The number of non-ortho nitro benzene ring substituents is 1. The highest BCUT2D eigenvalue weighted by Crippen LogP contribution is 2.28.